The summed E-state index contributed by atoms with van der Waals surface area (Å²) in [6.45, 7) is 8.55. The summed E-state index contributed by atoms with van der Waals surface area (Å²) in [5, 5.41) is 16.7. The van der Waals surface area contributed by atoms with E-state index in [-0.39, 0.29) is 29.1 Å². The molecule has 31 heavy (non-hydrogen) atoms. The van der Waals surface area contributed by atoms with E-state index in [4.69, 9.17) is 12.2 Å². The molecule has 3 rings (SSSR count). The Morgan fingerprint density at radius 2 is 1.97 bits per heavy atom. The van der Waals surface area contributed by atoms with E-state index >= 15 is 0 Å². The molecule has 1 atom stereocenters. The van der Waals surface area contributed by atoms with Gasteiger partial charge < -0.3 is 20.2 Å². The van der Waals surface area contributed by atoms with E-state index in [9.17, 15) is 14.7 Å². The Balaban J connectivity index is 1.68. The number of hydrogen-bond acceptors (Lipinski definition) is 4. The van der Waals surface area contributed by atoms with Crippen molar-refractivity contribution in [3.05, 3.63) is 29.8 Å². The summed E-state index contributed by atoms with van der Waals surface area (Å²) in [5.74, 6) is -0.524. The number of likely N-dealkylation sites (tertiary alicyclic amines) is 1. The lowest BCUT2D eigenvalue weighted by atomic mass is 9.95. The third-order valence-corrected chi connectivity index (χ3v) is 6.76. The zero-order valence-corrected chi connectivity index (χ0v) is 19.5. The van der Waals surface area contributed by atoms with Crippen molar-refractivity contribution in [2.24, 2.45) is 5.92 Å². The Kier molecular flexibility index (Phi) is 7.54. The van der Waals surface area contributed by atoms with Crippen molar-refractivity contribution in [1.29, 1.82) is 0 Å². The number of nitrogens with one attached hydrogen (secondary N) is 2. The zero-order chi connectivity index (χ0) is 22.6. The second-order valence-electron chi connectivity index (χ2n) is 8.86. The van der Waals surface area contributed by atoms with Gasteiger partial charge in [0, 0.05) is 32.5 Å². The monoisotopic (exact) mass is 446 g/mol. The standard InChI is InChI=1S/C23H34N4O3S/c1-4-5-8-13-27-20(28)19(16(2)3)25-23(27)11-14-26(15-12-23)22(31)24-18-10-7-6-9-17(18)21(29)30/h6-7,9-10,16,19,25H,4-5,8,11-15H2,1-3H3,(H,24,31)(H,29,30). The lowest BCUT2D eigenvalue weighted by molar-refractivity contribution is -0.133. The molecule has 2 fully saturated rings. The number of thiocarbonyl (C=S) groups is 1. The lowest BCUT2D eigenvalue weighted by Crippen LogP contribution is -2.60. The first kappa shape index (κ1) is 23.5. The van der Waals surface area contributed by atoms with Gasteiger partial charge in [-0.05, 0) is 36.7 Å². The summed E-state index contributed by atoms with van der Waals surface area (Å²) in [5.41, 5.74) is 0.379. The largest absolute Gasteiger partial charge is 0.478 e. The molecule has 1 aromatic rings. The highest BCUT2D eigenvalue weighted by Gasteiger charge is 2.51. The molecule has 3 N–H and O–H groups in total. The minimum atomic E-state index is -0.986. The highest BCUT2D eigenvalue weighted by atomic mass is 32.1. The number of amides is 1. The van der Waals surface area contributed by atoms with E-state index in [1.54, 1.807) is 24.3 Å². The maximum Gasteiger partial charge on any atom is 0.337 e. The van der Waals surface area contributed by atoms with Gasteiger partial charge in [-0.25, -0.2) is 4.79 Å². The number of unbranched alkanes of at least 4 members (excludes halogenated alkanes) is 2. The smallest absolute Gasteiger partial charge is 0.337 e. The van der Waals surface area contributed by atoms with Crippen LogP contribution in [-0.4, -0.2) is 63.2 Å². The van der Waals surface area contributed by atoms with Crippen molar-refractivity contribution < 1.29 is 14.7 Å². The molecule has 2 saturated heterocycles. The van der Waals surface area contributed by atoms with Crippen molar-refractivity contribution in [2.45, 2.75) is 64.6 Å². The van der Waals surface area contributed by atoms with E-state index in [0.717, 1.165) is 38.6 Å². The van der Waals surface area contributed by atoms with Gasteiger partial charge in [-0.1, -0.05) is 45.7 Å². The van der Waals surface area contributed by atoms with Crippen molar-refractivity contribution in [2.75, 3.05) is 25.0 Å². The van der Waals surface area contributed by atoms with Crippen molar-refractivity contribution in [3.8, 4) is 0 Å². The van der Waals surface area contributed by atoms with Crippen molar-refractivity contribution >= 4 is 34.9 Å². The average molecular weight is 447 g/mol. The number of nitrogens with zero attached hydrogens (tertiary/aromatic N) is 2. The first-order valence-corrected chi connectivity index (χ1v) is 11.7. The molecule has 0 saturated carbocycles. The number of rotatable bonds is 7. The number of carboxylic acid groups (broad SMARTS) is 1. The Morgan fingerprint density at radius 1 is 1.29 bits per heavy atom. The Labute approximate surface area is 190 Å². The number of carbonyl (C=O) groups is 2. The number of anilines is 1. The third kappa shape index (κ3) is 5.01. The molecule has 170 valence electrons. The molecule has 0 radical (unpaired) electrons. The van der Waals surface area contributed by atoms with Crippen LogP contribution >= 0.6 is 12.2 Å². The summed E-state index contributed by atoms with van der Waals surface area (Å²) in [7, 11) is 0. The number of carboxylic acids is 1. The SMILES string of the molecule is CCCCCN1C(=O)C(C(C)C)NC12CCN(C(=S)Nc1ccccc1C(=O)O)CC2. The van der Waals surface area contributed by atoms with E-state index in [1.165, 1.54) is 0 Å². The van der Waals surface area contributed by atoms with Gasteiger partial charge in [0.05, 0.1) is 23.0 Å². The van der Waals surface area contributed by atoms with Crippen LogP contribution < -0.4 is 10.6 Å². The Hall–Kier alpha value is -2.19. The maximum atomic E-state index is 13.1. The van der Waals surface area contributed by atoms with Crippen molar-refractivity contribution in [1.82, 2.24) is 15.1 Å². The number of aromatic carboxylic acids is 1. The van der Waals surface area contributed by atoms with E-state index in [0.29, 0.717) is 23.9 Å². The molecule has 1 aromatic carbocycles. The molecule has 1 spiro atoms. The van der Waals surface area contributed by atoms with Gasteiger partial charge in [0.2, 0.25) is 5.91 Å². The van der Waals surface area contributed by atoms with Gasteiger partial charge in [0.15, 0.2) is 5.11 Å². The third-order valence-electron chi connectivity index (χ3n) is 6.40. The average Bonchev–Trinajstić information content (AvgIpc) is 3.01. The van der Waals surface area contributed by atoms with Crippen LogP contribution in [0.5, 0.6) is 0 Å². The lowest BCUT2D eigenvalue weighted by Gasteiger charge is -2.45. The van der Waals surface area contributed by atoms with Gasteiger partial charge in [-0.2, -0.15) is 0 Å². The van der Waals surface area contributed by atoms with E-state index in [2.05, 4.69) is 41.2 Å². The first-order valence-electron chi connectivity index (χ1n) is 11.3. The zero-order valence-electron chi connectivity index (χ0n) is 18.7. The predicted molar refractivity (Wildman–Crippen MR) is 126 cm³/mol. The fourth-order valence-electron chi connectivity index (χ4n) is 4.57. The number of benzene rings is 1. The highest BCUT2D eigenvalue weighted by molar-refractivity contribution is 7.80. The fourth-order valence-corrected chi connectivity index (χ4v) is 4.86. The van der Waals surface area contributed by atoms with Gasteiger partial charge in [-0.3, -0.25) is 10.1 Å². The van der Waals surface area contributed by atoms with Crippen LogP contribution in [0.3, 0.4) is 0 Å². The fraction of sp³-hybridized carbons (Fsp3) is 0.609. The number of carbonyl (C=O) groups excluding carboxylic acids is 1. The number of piperidine rings is 1. The van der Waals surface area contributed by atoms with Crippen LogP contribution in [0.25, 0.3) is 0 Å². The van der Waals surface area contributed by atoms with Crippen molar-refractivity contribution in [3.63, 3.8) is 0 Å². The van der Waals surface area contributed by atoms with Crippen LogP contribution in [0.15, 0.2) is 24.3 Å². The minimum absolute atomic E-state index is 0.138. The molecule has 8 heteroatoms. The van der Waals surface area contributed by atoms with Gasteiger partial charge in [0.1, 0.15) is 0 Å². The molecule has 2 aliphatic rings. The summed E-state index contributed by atoms with van der Waals surface area (Å²) >= 11 is 5.59. The molecule has 1 amide bonds. The summed E-state index contributed by atoms with van der Waals surface area (Å²) in [6.07, 6.45) is 4.84. The van der Waals surface area contributed by atoms with Crippen LogP contribution in [0, 0.1) is 5.92 Å². The molecular formula is C23H34N4O3S. The van der Waals surface area contributed by atoms with Crippen LogP contribution in [0.1, 0.15) is 63.2 Å². The van der Waals surface area contributed by atoms with Crippen LogP contribution in [-0.2, 0) is 4.79 Å². The summed E-state index contributed by atoms with van der Waals surface area (Å²) in [6, 6.07) is 6.63. The Morgan fingerprint density at radius 3 is 2.58 bits per heavy atom. The first-order chi connectivity index (χ1) is 14.8. The summed E-state index contributed by atoms with van der Waals surface area (Å²) < 4.78 is 0. The Bertz CT molecular complexity index is 821. The molecule has 7 nitrogen and oxygen atoms in total. The molecule has 0 aromatic heterocycles. The van der Waals surface area contributed by atoms with Crippen LogP contribution in [0.2, 0.25) is 0 Å². The van der Waals surface area contributed by atoms with Gasteiger partial charge in [-0.15, -0.1) is 0 Å². The predicted octanol–water partition coefficient (Wildman–Crippen LogP) is 3.52. The highest BCUT2D eigenvalue weighted by Crippen LogP contribution is 2.35. The molecule has 2 heterocycles. The van der Waals surface area contributed by atoms with E-state index < -0.39 is 5.97 Å². The molecular weight excluding hydrogens is 412 g/mol. The molecule has 0 bridgehead atoms. The second-order valence-corrected chi connectivity index (χ2v) is 9.25. The second kappa shape index (κ2) is 9.96. The number of para-hydroxylation sites is 1. The molecule has 2 aliphatic heterocycles. The topological polar surface area (TPSA) is 84.9 Å². The minimum Gasteiger partial charge on any atom is -0.478 e. The van der Waals surface area contributed by atoms with Crippen LogP contribution in [0.4, 0.5) is 5.69 Å². The maximum absolute atomic E-state index is 13.1. The quantitative estimate of drug-likeness (QED) is 0.436. The van der Waals surface area contributed by atoms with Gasteiger partial charge >= 0.3 is 5.97 Å². The number of hydrogen-bond donors (Lipinski definition) is 3. The summed E-state index contributed by atoms with van der Waals surface area (Å²) in [4.78, 5) is 28.7. The van der Waals surface area contributed by atoms with Gasteiger partial charge in [0.25, 0.3) is 0 Å². The molecule has 0 aliphatic carbocycles. The molecule has 1 unspecified atom stereocenters. The normalized spacial score (nSPS) is 20.5. The van der Waals surface area contributed by atoms with E-state index in [1.807, 2.05) is 0 Å².